The zero-order valence-electron chi connectivity index (χ0n) is 10.8. The van der Waals surface area contributed by atoms with Crippen molar-refractivity contribution in [1.29, 1.82) is 0 Å². The molecule has 2 aromatic rings. The van der Waals surface area contributed by atoms with Crippen molar-refractivity contribution in [2.45, 2.75) is 0 Å². The van der Waals surface area contributed by atoms with E-state index in [4.69, 9.17) is 12.2 Å². The summed E-state index contributed by atoms with van der Waals surface area (Å²) in [6, 6.07) is 14.7. The molecule has 1 amide bonds. The van der Waals surface area contributed by atoms with Gasteiger partial charge < -0.3 is 4.90 Å². The van der Waals surface area contributed by atoms with Crippen LogP contribution >= 0.6 is 12.2 Å². The molecule has 1 N–H and O–H groups in total. The Kier molecular flexibility index (Phi) is 4.42. The maximum Gasteiger partial charge on any atom is 0.257 e. The minimum Gasteiger partial charge on any atom is -0.322 e. The van der Waals surface area contributed by atoms with Gasteiger partial charge in [0.05, 0.1) is 0 Å². The van der Waals surface area contributed by atoms with Crippen LogP contribution in [0.25, 0.3) is 0 Å². The number of thiocarbonyl (C=S) groups is 1. The van der Waals surface area contributed by atoms with Crippen LogP contribution in [0.5, 0.6) is 0 Å². The van der Waals surface area contributed by atoms with E-state index in [2.05, 4.69) is 5.32 Å². The average molecular weight is 288 g/mol. The Hall–Kier alpha value is -2.27. The van der Waals surface area contributed by atoms with Gasteiger partial charge in [-0.05, 0) is 48.6 Å². The first kappa shape index (κ1) is 14.1. The van der Waals surface area contributed by atoms with Gasteiger partial charge in [0.1, 0.15) is 5.82 Å². The number of amides is 1. The van der Waals surface area contributed by atoms with E-state index < -0.39 is 0 Å². The van der Waals surface area contributed by atoms with E-state index in [1.807, 2.05) is 30.3 Å². The van der Waals surface area contributed by atoms with Crippen molar-refractivity contribution < 1.29 is 9.18 Å². The Morgan fingerprint density at radius 2 is 1.70 bits per heavy atom. The Balaban J connectivity index is 2.04. The van der Waals surface area contributed by atoms with Crippen molar-refractivity contribution in [1.82, 2.24) is 5.32 Å². The van der Waals surface area contributed by atoms with Crippen molar-refractivity contribution in [2.75, 3.05) is 11.9 Å². The Bertz CT molecular complexity index is 614. The molecule has 0 aliphatic rings. The Labute approximate surface area is 122 Å². The molecule has 0 unspecified atom stereocenters. The van der Waals surface area contributed by atoms with Gasteiger partial charge in [-0.15, -0.1) is 0 Å². The van der Waals surface area contributed by atoms with E-state index in [9.17, 15) is 9.18 Å². The van der Waals surface area contributed by atoms with Gasteiger partial charge in [0.2, 0.25) is 0 Å². The zero-order valence-corrected chi connectivity index (χ0v) is 11.7. The van der Waals surface area contributed by atoms with E-state index in [-0.39, 0.29) is 16.8 Å². The van der Waals surface area contributed by atoms with E-state index in [1.165, 1.54) is 24.3 Å². The molecule has 0 saturated heterocycles. The van der Waals surface area contributed by atoms with Gasteiger partial charge in [0.25, 0.3) is 5.91 Å². The quantitative estimate of drug-likeness (QED) is 0.862. The van der Waals surface area contributed by atoms with E-state index in [1.54, 1.807) is 11.9 Å². The fraction of sp³-hybridized carbons (Fsp3) is 0.0667. The molecule has 0 heterocycles. The first-order valence-electron chi connectivity index (χ1n) is 5.97. The molecule has 0 saturated carbocycles. The molecule has 0 aliphatic heterocycles. The second-order valence-corrected chi connectivity index (χ2v) is 4.55. The lowest BCUT2D eigenvalue weighted by Gasteiger charge is -2.20. The molecule has 3 nitrogen and oxygen atoms in total. The van der Waals surface area contributed by atoms with Crippen LogP contribution < -0.4 is 10.2 Å². The molecule has 5 heteroatoms. The highest BCUT2D eigenvalue weighted by atomic mass is 32.1. The first-order valence-corrected chi connectivity index (χ1v) is 6.38. The summed E-state index contributed by atoms with van der Waals surface area (Å²) in [5.74, 6) is -0.747. The molecule has 0 aliphatic carbocycles. The normalized spacial score (nSPS) is 9.90. The molecule has 2 rings (SSSR count). The number of para-hydroxylation sites is 1. The lowest BCUT2D eigenvalue weighted by Crippen LogP contribution is -2.40. The number of benzene rings is 2. The first-order chi connectivity index (χ1) is 9.58. The Morgan fingerprint density at radius 1 is 1.10 bits per heavy atom. The number of hydrogen-bond acceptors (Lipinski definition) is 2. The van der Waals surface area contributed by atoms with Crippen LogP contribution in [-0.2, 0) is 0 Å². The number of nitrogens with one attached hydrogen (secondary N) is 1. The number of hydrogen-bond donors (Lipinski definition) is 1. The van der Waals surface area contributed by atoms with Gasteiger partial charge in [0.15, 0.2) is 5.11 Å². The van der Waals surface area contributed by atoms with Crippen molar-refractivity contribution in [3.63, 3.8) is 0 Å². The topological polar surface area (TPSA) is 32.3 Å². The number of rotatable bonds is 2. The van der Waals surface area contributed by atoms with Crippen LogP contribution in [0.15, 0.2) is 54.6 Å². The molecule has 0 bridgehead atoms. The molecule has 0 spiro atoms. The summed E-state index contributed by atoms with van der Waals surface area (Å²) < 4.78 is 12.8. The van der Waals surface area contributed by atoms with E-state index in [0.29, 0.717) is 5.56 Å². The van der Waals surface area contributed by atoms with Crippen LogP contribution in [-0.4, -0.2) is 18.1 Å². The molecule has 0 fully saturated rings. The highest BCUT2D eigenvalue weighted by Gasteiger charge is 2.11. The molecular formula is C15H13FN2OS. The van der Waals surface area contributed by atoms with Crippen LogP contribution in [0.2, 0.25) is 0 Å². The van der Waals surface area contributed by atoms with Gasteiger partial charge in [-0.2, -0.15) is 0 Å². The largest absolute Gasteiger partial charge is 0.322 e. The third-order valence-electron chi connectivity index (χ3n) is 2.78. The molecule has 2 aromatic carbocycles. The van der Waals surface area contributed by atoms with E-state index in [0.717, 1.165) is 5.69 Å². The van der Waals surface area contributed by atoms with Crippen LogP contribution in [0.3, 0.4) is 0 Å². The molecule has 102 valence electrons. The van der Waals surface area contributed by atoms with Crippen molar-refractivity contribution in [2.24, 2.45) is 0 Å². The summed E-state index contributed by atoms with van der Waals surface area (Å²) >= 11 is 5.18. The summed E-state index contributed by atoms with van der Waals surface area (Å²) in [6.45, 7) is 0. The number of carbonyl (C=O) groups is 1. The van der Waals surface area contributed by atoms with Crippen molar-refractivity contribution >= 4 is 28.9 Å². The SMILES string of the molecule is CN(C(=S)NC(=O)c1ccc(F)cc1)c1ccccc1. The maximum absolute atomic E-state index is 12.8. The molecule has 0 atom stereocenters. The highest BCUT2D eigenvalue weighted by Crippen LogP contribution is 2.11. The summed E-state index contributed by atoms with van der Waals surface area (Å²) in [4.78, 5) is 13.6. The number of halogens is 1. The van der Waals surface area contributed by atoms with Crippen LogP contribution in [0.4, 0.5) is 10.1 Å². The zero-order chi connectivity index (χ0) is 14.5. The molecule has 0 aromatic heterocycles. The summed E-state index contributed by atoms with van der Waals surface area (Å²) in [6.07, 6.45) is 0. The third-order valence-corrected chi connectivity index (χ3v) is 3.15. The van der Waals surface area contributed by atoms with Gasteiger partial charge in [0, 0.05) is 18.3 Å². The van der Waals surface area contributed by atoms with E-state index >= 15 is 0 Å². The summed E-state index contributed by atoms with van der Waals surface area (Å²) in [5, 5.41) is 2.89. The minimum absolute atomic E-state index is 0.283. The van der Waals surface area contributed by atoms with Crippen molar-refractivity contribution in [3.8, 4) is 0 Å². The van der Waals surface area contributed by atoms with Gasteiger partial charge >= 0.3 is 0 Å². The molecule has 20 heavy (non-hydrogen) atoms. The standard InChI is InChI=1S/C15H13FN2OS/c1-18(13-5-3-2-4-6-13)15(20)17-14(19)11-7-9-12(16)10-8-11/h2-10H,1H3,(H,17,19,20). The second-order valence-electron chi connectivity index (χ2n) is 4.16. The number of carbonyl (C=O) groups excluding carboxylic acids is 1. The number of nitrogens with zero attached hydrogens (tertiary/aromatic N) is 1. The van der Waals surface area contributed by atoms with Gasteiger partial charge in [-0.3, -0.25) is 10.1 Å². The summed E-state index contributed by atoms with van der Waals surface area (Å²) in [5.41, 5.74) is 1.23. The second kappa shape index (κ2) is 6.25. The average Bonchev–Trinajstić information content (AvgIpc) is 2.48. The fourth-order valence-corrected chi connectivity index (χ4v) is 1.82. The minimum atomic E-state index is -0.384. The molecule has 0 radical (unpaired) electrons. The van der Waals surface area contributed by atoms with Crippen LogP contribution in [0, 0.1) is 5.82 Å². The smallest absolute Gasteiger partial charge is 0.257 e. The maximum atomic E-state index is 12.8. The lowest BCUT2D eigenvalue weighted by atomic mass is 10.2. The van der Waals surface area contributed by atoms with Gasteiger partial charge in [-0.1, -0.05) is 18.2 Å². The highest BCUT2D eigenvalue weighted by molar-refractivity contribution is 7.80. The molecular weight excluding hydrogens is 275 g/mol. The van der Waals surface area contributed by atoms with Gasteiger partial charge in [-0.25, -0.2) is 4.39 Å². The fourth-order valence-electron chi connectivity index (χ4n) is 1.62. The lowest BCUT2D eigenvalue weighted by molar-refractivity contribution is 0.0977. The third kappa shape index (κ3) is 3.39. The predicted molar refractivity (Wildman–Crippen MR) is 81.3 cm³/mol. The summed E-state index contributed by atoms with van der Waals surface area (Å²) in [7, 11) is 1.77. The van der Waals surface area contributed by atoms with Crippen molar-refractivity contribution in [3.05, 3.63) is 66.0 Å². The number of anilines is 1. The predicted octanol–water partition coefficient (Wildman–Crippen LogP) is 2.98. The monoisotopic (exact) mass is 288 g/mol. The van der Waals surface area contributed by atoms with Crippen LogP contribution in [0.1, 0.15) is 10.4 Å². The Morgan fingerprint density at radius 3 is 2.30 bits per heavy atom.